The molecule has 0 radical (unpaired) electrons. The number of nitrogens with one attached hydrogen (secondary N) is 1. The molecular formula is C6H13NOS2. The summed E-state index contributed by atoms with van der Waals surface area (Å²) in [4.78, 5) is 10.8. The molecule has 0 spiro atoms. The highest BCUT2D eigenvalue weighted by atomic mass is 33.1. The van der Waals surface area contributed by atoms with Gasteiger partial charge in [0.15, 0.2) is 0 Å². The number of carbonyl (C=O) groups excluding carboxylic acids is 1. The lowest BCUT2D eigenvalue weighted by Gasteiger charge is -2.00. The average Bonchev–Trinajstić information content (AvgIpc) is 1.89. The van der Waals surface area contributed by atoms with Crippen molar-refractivity contribution in [2.45, 2.75) is 19.8 Å². The molecule has 0 heterocycles. The van der Waals surface area contributed by atoms with Gasteiger partial charge in [0.1, 0.15) is 0 Å². The van der Waals surface area contributed by atoms with Crippen LogP contribution in [0.4, 0.5) is 0 Å². The highest BCUT2D eigenvalue weighted by Crippen LogP contribution is 2.01. The summed E-state index contributed by atoms with van der Waals surface area (Å²) in [5.41, 5.74) is 0. The number of carbonyl (C=O) groups is 1. The zero-order chi connectivity index (χ0) is 7.82. The molecular weight excluding hydrogens is 166 g/mol. The van der Waals surface area contributed by atoms with Crippen molar-refractivity contribution in [3.63, 3.8) is 0 Å². The molecule has 0 aliphatic rings. The minimum Gasteiger partial charge on any atom is -0.355 e. The van der Waals surface area contributed by atoms with Crippen molar-refractivity contribution in [3.05, 3.63) is 0 Å². The van der Waals surface area contributed by atoms with Crippen molar-refractivity contribution in [2.24, 2.45) is 0 Å². The molecule has 0 aliphatic carbocycles. The first-order valence-corrected chi connectivity index (χ1v) is 5.38. The van der Waals surface area contributed by atoms with E-state index >= 15 is 0 Å². The van der Waals surface area contributed by atoms with Crippen LogP contribution in [0.2, 0.25) is 0 Å². The Balaban J connectivity index is 3.05. The van der Waals surface area contributed by atoms with Gasteiger partial charge in [-0.3, -0.25) is 4.79 Å². The van der Waals surface area contributed by atoms with Crippen LogP contribution in [0.1, 0.15) is 19.8 Å². The molecule has 60 valence electrons. The topological polar surface area (TPSA) is 29.1 Å². The maximum Gasteiger partial charge on any atom is 0.220 e. The van der Waals surface area contributed by atoms with Crippen molar-refractivity contribution in [2.75, 3.05) is 12.3 Å². The molecule has 1 amide bonds. The Kier molecular flexibility index (Phi) is 7.40. The zero-order valence-corrected chi connectivity index (χ0v) is 7.80. The Bertz CT molecular complexity index is 97.7. The van der Waals surface area contributed by atoms with Gasteiger partial charge < -0.3 is 5.32 Å². The lowest BCUT2D eigenvalue weighted by molar-refractivity contribution is -0.120. The maximum absolute atomic E-state index is 10.8. The Morgan fingerprint density at radius 1 is 1.70 bits per heavy atom. The van der Waals surface area contributed by atoms with Crippen LogP contribution in [-0.4, -0.2) is 18.2 Å². The largest absolute Gasteiger partial charge is 0.355 e. The van der Waals surface area contributed by atoms with E-state index in [2.05, 4.69) is 17.0 Å². The van der Waals surface area contributed by atoms with E-state index in [-0.39, 0.29) is 5.91 Å². The molecule has 0 aromatic heterocycles. The van der Waals surface area contributed by atoms with Gasteiger partial charge >= 0.3 is 0 Å². The number of hydrogen-bond donors (Lipinski definition) is 2. The van der Waals surface area contributed by atoms with Gasteiger partial charge in [0.25, 0.3) is 0 Å². The first-order chi connectivity index (χ1) is 4.81. The van der Waals surface area contributed by atoms with Gasteiger partial charge in [0.05, 0.1) is 0 Å². The Morgan fingerprint density at radius 2 is 2.40 bits per heavy atom. The third-order valence-corrected chi connectivity index (χ3v) is 1.93. The first-order valence-electron chi connectivity index (χ1n) is 3.34. The SMILES string of the molecule is CCCC(=O)NCCSS. The standard InChI is InChI=1S/C6H13NOS2/c1-2-3-6(8)7-4-5-10-9/h9H,2-5H2,1H3,(H,7,8). The van der Waals surface area contributed by atoms with E-state index in [1.54, 1.807) is 0 Å². The van der Waals surface area contributed by atoms with Gasteiger partial charge in [0, 0.05) is 18.7 Å². The van der Waals surface area contributed by atoms with Crippen LogP contribution in [0.5, 0.6) is 0 Å². The Hall–Kier alpha value is 0.170. The van der Waals surface area contributed by atoms with Crippen LogP contribution in [0, 0.1) is 0 Å². The van der Waals surface area contributed by atoms with E-state index in [4.69, 9.17) is 0 Å². The quantitative estimate of drug-likeness (QED) is 0.380. The van der Waals surface area contributed by atoms with E-state index < -0.39 is 0 Å². The molecule has 0 rings (SSSR count). The van der Waals surface area contributed by atoms with Crippen LogP contribution in [0.3, 0.4) is 0 Å². The minimum atomic E-state index is 0.143. The lowest BCUT2D eigenvalue weighted by atomic mass is 10.3. The highest BCUT2D eigenvalue weighted by molar-refractivity contribution is 8.68. The predicted molar refractivity (Wildman–Crippen MR) is 49.4 cm³/mol. The fourth-order valence-corrected chi connectivity index (χ4v) is 1.02. The smallest absolute Gasteiger partial charge is 0.220 e. The van der Waals surface area contributed by atoms with E-state index in [1.807, 2.05) is 6.92 Å². The fraction of sp³-hybridized carbons (Fsp3) is 0.833. The second-order valence-corrected chi connectivity index (χ2v) is 3.37. The van der Waals surface area contributed by atoms with E-state index in [9.17, 15) is 4.79 Å². The molecule has 10 heavy (non-hydrogen) atoms. The van der Waals surface area contributed by atoms with Crippen molar-refractivity contribution >= 4 is 28.4 Å². The molecule has 0 aromatic carbocycles. The molecule has 4 heteroatoms. The van der Waals surface area contributed by atoms with E-state index in [1.165, 1.54) is 10.8 Å². The molecule has 0 saturated heterocycles. The minimum absolute atomic E-state index is 0.143. The van der Waals surface area contributed by atoms with Gasteiger partial charge in [-0.1, -0.05) is 17.7 Å². The summed E-state index contributed by atoms with van der Waals surface area (Å²) >= 11 is 3.94. The van der Waals surface area contributed by atoms with Crippen LogP contribution in [0.25, 0.3) is 0 Å². The van der Waals surface area contributed by atoms with Crippen molar-refractivity contribution in [1.82, 2.24) is 5.32 Å². The van der Waals surface area contributed by atoms with Crippen molar-refractivity contribution in [1.29, 1.82) is 0 Å². The molecule has 0 aliphatic heterocycles. The lowest BCUT2D eigenvalue weighted by Crippen LogP contribution is -2.24. The van der Waals surface area contributed by atoms with Gasteiger partial charge in [0.2, 0.25) is 5.91 Å². The van der Waals surface area contributed by atoms with Gasteiger partial charge in [-0.25, -0.2) is 0 Å². The summed E-state index contributed by atoms with van der Waals surface area (Å²) in [6.45, 7) is 2.72. The molecule has 1 N–H and O–H groups in total. The van der Waals surface area contributed by atoms with Gasteiger partial charge in [-0.15, -0.1) is 11.7 Å². The van der Waals surface area contributed by atoms with Crippen molar-refractivity contribution in [3.8, 4) is 0 Å². The molecule has 0 aromatic rings. The monoisotopic (exact) mass is 179 g/mol. The third kappa shape index (κ3) is 6.29. The molecule has 0 saturated carbocycles. The second-order valence-electron chi connectivity index (χ2n) is 1.93. The molecule has 2 nitrogen and oxygen atoms in total. The number of thiol groups is 1. The van der Waals surface area contributed by atoms with Crippen molar-refractivity contribution < 1.29 is 4.79 Å². The highest BCUT2D eigenvalue weighted by Gasteiger charge is 1.95. The van der Waals surface area contributed by atoms with Crippen LogP contribution in [-0.2, 0) is 4.79 Å². The third-order valence-electron chi connectivity index (χ3n) is 0.993. The summed E-state index contributed by atoms with van der Waals surface area (Å²) in [7, 11) is 1.44. The Morgan fingerprint density at radius 3 is 2.90 bits per heavy atom. The maximum atomic E-state index is 10.8. The second kappa shape index (κ2) is 7.28. The number of hydrogen-bond acceptors (Lipinski definition) is 3. The van der Waals surface area contributed by atoms with Crippen LogP contribution in [0.15, 0.2) is 0 Å². The van der Waals surface area contributed by atoms with E-state index in [0.29, 0.717) is 6.42 Å². The van der Waals surface area contributed by atoms with Gasteiger partial charge in [-0.2, -0.15) is 0 Å². The van der Waals surface area contributed by atoms with Crippen LogP contribution < -0.4 is 5.32 Å². The molecule has 0 bridgehead atoms. The first kappa shape index (κ1) is 10.2. The number of rotatable bonds is 5. The van der Waals surface area contributed by atoms with Gasteiger partial charge in [-0.05, 0) is 6.42 Å². The fourth-order valence-electron chi connectivity index (χ4n) is 0.552. The molecule has 0 unspecified atom stereocenters. The Labute approximate surface area is 71.0 Å². The molecule has 0 fully saturated rings. The zero-order valence-electron chi connectivity index (χ0n) is 6.09. The summed E-state index contributed by atoms with van der Waals surface area (Å²) in [5.74, 6) is 1.02. The normalized spacial score (nSPS) is 9.40. The predicted octanol–water partition coefficient (Wildman–Crippen LogP) is 1.48. The average molecular weight is 179 g/mol. The summed E-state index contributed by atoms with van der Waals surface area (Å²) in [6.07, 6.45) is 1.55. The summed E-state index contributed by atoms with van der Waals surface area (Å²) < 4.78 is 0. The van der Waals surface area contributed by atoms with Crippen LogP contribution >= 0.6 is 22.5 Å². The summed E-state index contributed by atoms with van der Waals surface area (Å²) in [5, 5.41) is 2.78. The van der Waals surface area contributed by atoms with E-state index in [0.717, 1.165) is 18.7 Å². The number of amides is 1. The summed E-state index contributed by atoms with van der Waals surface area (Å²) in [6, 6.07) is 0. The molecule has 0 atom stereocenters.